The monoisotopic (exact) mass is 321 g/mol. The first-order valence-electron chi connectivity index (χ1n) is 7.33. The third-order valence-corrected chi connectivity index (χ3v) is 3.18. The second-order valence-corrected chi connectivity index (χ2v) is 4.69. The first kappa shape index (κ1) is 18.7. The molecule has 0 aromatic heterocycles. The molecule has 0 fully saturated rings. The predicted octanol–water partition coefficient (Wildman–Crippen LogP) is 1.98. The summed E-state index contributed by atoms with van der Waals surface area (Å²) in [5.41, 5.74) is 0.374. The van der Waals surface area contributed by atoms with E-state index in [-0.39, 0.29) is 18.8 Å². The molecule has 126 valence electrons. The van der Waals surface area contributed by atoms with Gasteiger partial charge in [0.15, 0.2) is 5.78 Å². The number of hydrogen-bond acceptors (Lipinski definition) is 6. The third kappa shape index (κ3) is 5.41. The lowest BCUT2D eigenvalue weighted by Crippen LogP contribution is -2.39. The number of methoxy groups -OCH3 is 2. The molecule has 0 saturated carbocycles. The maximum atomic E-state index is 12.7. The molecule has 1 unspecified atom stereocenters. The molecule has 6 nitrogen and oxygen atoms in total. The Morgan fingerprint density at radius 2 is 2.04 bits per heavy atom. The molecule has 0 heterocycles. The van der Waals surface area contributed by atoms with Gasteiger partial charge in [0.05, 0.1) is 38.9 Å². The molecule has 0 radical (unpaired) electrons. The fraction of sp³-hybridized carbons (Fsp3) is 0.412. The second-order valence-electron chi connectivity index (χ2n) is 4.69. The van der Waals surface area contributed by atoms with E-state index in [1.165, 1.54) is 14.2 Å². The van der Waals surface area contributed by atoms with Crippen molar-refractivity contribution in [2.75, 3.05) is 27.4 Å². The Morgan fingerprint density at radius 1 is 1.30 bits per heavy atom. The highest BCUT2D eigenvalue weighted by Gasteiger charge is 2.25. The fourth-order valence-corrected chi connectivity index (χ4v) is 2.06. The van der Waals surface area contributed by atoms with Crippen LogP contribution in [0.15, 0.2) is 30.9 Å². The molecule has 1 aromatic rings. The molecular weight excluding hydrogens is 298 g/mol. The molecule has 1 N–H and O–H groups in total. The molecular formula is C17H23NO5. The number of ether oxygens (including phenoxy) is 3. The molecule has 23 heavy (non-hydrogen) atoms. The summed E-state index contributed by atoms with van der Waals surface area (Å²) in [5.74, 6) is 0.289. The van der Waals surface area contributed by atoms with Crippen LogP contribution in [0.3, 0.4) is 0 Å². The van der Waals surface area contributed by atoms with Crippen molar-refractivity contribution in [1.82, 2.24) is 5.32 Å². The van der Waals surface area contributed by atoms with Crippen molar-refractivity contribution in [2.24, 2.45) is 0 Å². The van der Waals surface area contributed by atoms with Gasteiger partial charge in [-0.15, -0.1) is 6.58 Å². The summed E-state index contributed by atoms with van der Waals surface area (Å²) in [6, 6.07) is 4.20. The molecule has 0 aliphatic heterocycles. The van der Waals surface area contributed by atoms with E-state index >= 15 is 0 Å². The van der Waals surface area contributed by atoms with Gasteiger partial charge in [0, 0.05) is 12.6 Å². The van der Waals surface area contributed by atoms with E-state index in [9.17, 15) is 9.59 Å². The van der Waals surface area contributed by atoms with E-state index in [2.05, 4.69) is 11.9 Å². The number of benzene rings is 1. The van der Waals surface area contributed by atoms with Gasteiger partial charge in [0.1, 0.15) is 11.5 Å². The third-order valence-electron chi connectivity index (χ3n) is 3.18. The van der Waals surface area contributed by atoms with Crippen molar-refractivity contribution < 1.29 is 23.8 Å². The highest BCUT2D eigenvalue weighted by atomic mass is 16.5. The van der Waals surface area contributed by atoms with Gasteiger partial charge >= 0.3 is 5.97 Å². The first-order valence-corrected chi connectivity index (χ1v) is 7.33. The molecule has 0 spiro atoms. The maximum absolute atomic E-state index is 12.7. The zero-order chi connectivity index (χ0) is 17.2. The lowest BCUT2D eigenvalue weighted by Gasteiger charge is -2.18. The summed E-state index contributed by atoms with van der Waals surface area (Å²) in [6.07, 6.45) is 1.56. The first-order chi connectivity index (χ1) is 11.1. The maximum Gasteiger partial charge on any atom is 0.307 e. The van der Waals surface area contributed by atoms with Crippen molar-refractivity contribution in [3.63, 3.8) is 0 Å². The van der Waals surface area contributed by atoms with E-state index in [4.69, 9.17) is 14.2 Å². The number of rotatable bonds is 10. The van der Waals surface area contributed by atoms with Crippen molar-refractivity contribution in [3.05, 3.63) is 36.4 Å². The number of Topliss-reactive ketones (excluding diaryl/α,β-unsaturated/α-hetero) is 1. The fourth-order valence-electron chi connectivity index (χ4n) is 2.06. The highest BCUT2D eigenvalue weighted by Crippen LogP contribution is 2.26. The summed E-state index contributed by atoms with van der Waals surface area (Å²) in [7, 11) is 3.01. The van der Waals surface area contributed by atoms with Gasteiger partial charge < -0.3 is 19.5 Å². The molecule has 0 bridgehead atoms. The minimum absolute atomic E-state index is 0.0598. The highest BCUT2D eigenvalue weighted by molar-refractivity contribution is 6.04. The Balaban J connectivity index is 3.03. The summed E-state index contributed by atoms with van der Waals surface area (Å²) >= 11 is 0. The predicted molar refractivity (Wildman–Crippen MR) is 87.1 cm³/mol. The lowest BCUT2D eigenvalue weighted by atomic mass is 10.00. The lowest BCUT2D eigenvalue weighted by molar-refractivity contribution is -0.143. The van der Waals surface area contributed by atoms with Crippen LogP contribution in [-0.4, -0.2) is 45.2 Å². The molecule has 1 aromatic carbocycles. The van der Waals surface area contributed by atoms with Crippen LogP contribution in [0.25, 0.3) is 0 Å². The normalized spacial score (nSPS) is 11.4. The number of hydrogen-bond donors (Lipinski definition) is 1. The van der Waals surface area contributed by atoms with E-state index in [1.54, 1.807) is 31.2 Å². The van der Waals surface area contributed by atoms with Gasteiger partial charge in [-0.1, -0.05) is 6.08 Å². The van der Waals surface area contributed by atoms with Crippen LogP contribution in [0.4, 0.5) is 0 Å². The van der Waals surface area contributed by atoms with Gasteiger partial charge in [-0.3, -0.25) is 9.59 Å². The Labute approximate surface area is 136 Å². The molecule has 0 aliphatic rings. The van der Waals surface area contributed by atoms with Gasteiger partial charge in [-0.05, 0) is 19.1 Å². The summed E-state index contributed by atoms with van der Waals surface area (Å²) in [4.78, 5) is 24.5. The average molecular weight is 321 g/mol. The topological polar surface area (TPSA) is 73.9 Å². The van der Waals surface area contributed by atoms with Gasteiger partial charge in [0.2, 0.25) is 0 Å². The van der Waals surface area contributed by atoms with Crippen LogP contribution < -0.4 is 14.8 Å². The Bertz CT molecular complexity index is 556. The van der Waals surface area contributed by atoms with Crippen molar-refractivity contribution in [1.29, 1.82) is 0 Å². The average Bonchev–Trinajstić information content (AvgIpc) is 2.57. The Kier molecular flexibility index (Phi) is 7.83. The van der Waals surface area contributed by atoms with Gasteiger partial charge in [-0.2, -0.15) is 0 Å². The minimum Gasteiger partial charge on any atom is -0.497 e. The van der Waals surface area contributed by atoms with Crippen molar-refractivity contribution in [3.8, 4) is 11.5 Å². The largest absolute Gasteiger partial charge is 0.497 e. The summed E-state index contributed by atoms with van der Waals surface area (Å²) in [5, 5.41) is 2.98. The molecule has 6 heteroatoms. The van der Waals surface area contributed by atoms with Gasteiger partial charge in [-0.25, -0.2) is 0 Å². The van der Waals surface area contributed by atoms with Crippen LogP contribution in [0.5, 0.6) is 11.5 Å². The van der Waals surface area contributed by atoms with Crippen molar-refractivity contribution >= 4 is 11.8 Å². The molecule has 0 amide bonds. The molecule has 1 rings (SSSR count). The minimum atomic E-state index is -0.714. The zero-order valence-electron chi connectivity index (χ0n) is 13.8. The number of nitrogens with one attached hydrogen (secondary N) is 1. The Hall–Kier alpha value is -2.34. The zero-order valence-corrected chi connectivity index (χ0v) is 13.8. The van der Waals surface area contributed by atoms with Crippen LogP contribution in [0, 0.1) is 0 Å². The van der Waals surface area contributed by atoms with Crippen LogP contribution >= 0.6 is 0 Å². The summed E-state index contributed by atoms with van der Waals surface area (Å²) in [6.45, 7) is 5.99. The van der Waals surface area contributed by atoms with E-state index in [1.807, 2.05) is 0 Å². The standard InChI is InChI=1S/C17H23NO5/c1-5-9-18-14(11-16(19)23-6-2)17(20)13-8-7-12(21-3)10-15(13)22-4/h5,7-8,10,14,18H,1,6,9,11H2,2-4H3. The van der Waals surface area contributed by atoms with E-state index in [0.717, 1.165) is 0 Å². The smallest absolute Gasteiger partial charge is 0.307 e. The van der Waals surface area contributed by atoms with Crippen LogP contribution in [-0.2, 0) is 9.53 Å². The summed E-state index contributed by atoms with van der Waals surface area (Å²) < 4.78 is 15.3. The van der Waals surface area contributed by atoms with E-state index in [0.29, 0.717) is 23.6 Å². The number of carbonyl (C=O) groups is 2. The van der Waals surface area contributed by atoms with E-state index < -0.39 is 12.0 Å². The molecule has 0 saturated heterocycles. The SMILES string of the molecule is C=CCNC(CC(=O)OCC)C(=O)c1ccc(OC)cc1OC. The number of esters is 1. The Morgan fingerprint density at radius 3 is 2.61 bits per heavy atom. The number of ketones is 1. The van der Waals surface area contributed by atoms with Crippen LogP contribution in [0.2, 0.25) is 0 Å². The quantitative estimate of drug-likeness (QED) is 0.403. The van der Waals surface area contributed by atoms with Crippen molar-refractivity contribution in [2.45, 2.75) is 19.4 Å². The van der Waals surface area contributed by atoms with Crippen LogP contribution in [0.1, 0.15) is 23.7 Å². The molecule has 1 atom stereocenters. The number of carbonyl (C=O) groups excluding carboxylic acids is 2. The van der Waals surface area contributed by atoms with Gasteiger partial charge in [0.25, 0.3) is 0 Å². The second kappa shape index (κ2) is 9.63. The molecule has 0 aliphatic carbocycles.